The van der Waals surface area contributed by atoms with Crippen molar-refractivity contribution in [2.75, 3.05) is 43.1 Å². The molecule has 7 nitrogen and oxygen atoms in total. The Balaban J connectivity index is 1.24. The molecule has 0 radical (unpaired) electrons. The summed E-state index contributed by atoms with van der Waals surface area (Å²) in [5, 5.41) is 6.18. The lowest BCUT2D eigenvalue weighted by atomic mass is 10.0. The number of nitrogens with zero attached hydrogens (tertiary/aromatic N) is 3. The first kappa shape index (κ1) is 21.3. The Kier molecular flexibility index (Phi) is 7.12. The first-order valence-electron chi connectivity index (χ1n) is 11.3. The van der Waals surface area contributed by atoms with Crippen molar-refractivity contribution in [1.29, 1.82) is 0 Å². The molecule has 0 unspecified atom stereocenters. The van der Waals surface area contributed by atoms with Crippen LogP contribution >= 0.6 is 0 Å². The number of hydrogen-bond acceptors (Lipinski definition) is 5. The molecule has 0 aliphatic carbocycles. The van der Waals surface area contributed by atoms with E-state index in [2.05, 4.69) is 43.6 Å². The molecule has 2 amide bonds. The SMILES string of the molecule is COc1ccc(N2CCC(NC(=O)NCc3cccnc3N3CCCCC3)CC2)cc1. The van der Waals surface area contributed by atoms with Crippen LogP contribution in [-0.2, 0) is 6.54 Å². The molecule has 0 atom stereocenters. The molecule has 1 aromatic carbocycles. The Morgan fingerprint density at radius 1 is 1.03 bits per heavy atom. The van der Waals surface area contributed by atoms with Crippen LogP contribution in [0.2, 0.25) is 0 Å². The second-order valence-electron chi connectivity index (χ2n) is 8.32. The van der Waals surface area contributed by atoms with Crippen molar-refractivity contribution >= 4 is 17.5 Å². The Morgan fingerprint density at radius 3 is 2.48 bits per heavy atom. The first-order chi connectivity index (χ1) is 15.2. The topological polar surface area (TPSA) is 69.7 Å². The van der Waals surface area contributed by atoms with E-state index in [1.54, 1.807) is 7.11 Å². The largest absolute Gasteiger partial charge is 0.497 e. The minimum Gasteiger partial charge on any atom is -0.497 e. The zero-order chi connectivity index (χ0) is 21.5. The molecule has 0 spiro atoms. The summed E-state index contributed by atoms with van der Waals surface area (Å²) < 4.78 is 5.23. The predicted octanol–water partition coefficient (Wildman–Crippen LogP) is 3.55. The van der Waals surface area contributed by atoms with Crippen molar-refractivity contribution in [2.45, 2.75) is 44.7 Å². The van der Waals surface area contributed by atoms with Gasteiger partial charge < -0.3 is 25.2 Å². The number of hydrogen-bond donors (Lipinski definition) is 2. The highest BCUT2D eigenvalue weighted by Crippen LogP contribution is 2.23. The summed E-state index contributed by atoms with van der Waals surface area (Å²) in [5.41, 5.74) is 2.28. The summed E-state index contributed by atoms with van der Waals surface area (Å²) in [6.07, 6.45) is 7.41. The molecule has 3 heterocycles. The lowest BCUT2D eigenvalue weighted by Crippen LogP contribution is -2.47. The Morgan fingerprint density at radius 2 is 1.77 bits per heavy atom. The third kappa shape index (κ3) is 5.60. The summed E-state index contributed by atoms with van der Waals surface area (Å²) in [5.74, 6) is 1.88. The van der Waals surface area contributed by atoms with E-state index in [4.69, 9.17) is 4.74 Å². The molecule has 1 aromatic heterocycles. The van der Waals surface area contributed by atoms with Crippen LogP contribution in [0.15, 0.2) is 42.6 Å². The smallest absolute Gasteiger partial charge is 0.315 e. The van der Waals surface area contributed by atoms with Gasteiger partial charge in [-0.05, 0) is 62.4 Å². The molecule has 31 heavy (non-hydrogen) atoms. The third-order valence-electron chi connectivity index (χ3n) is 6.23. The van der Waals surface area contributed by atoms with Gasteiger partial charge in [0.2, 0.25) is 0 Å². The molecule has 0 saturated carbocycles. The molecular weight excluding hydrogens is 390 g/mol. The molecular formula is C24H33N5O2. The molecule has 166 valence electrons. The highest BCUT2D eigenvalue weighted by molar-refractivity contribution is 5.74. The van der Waals surface area contributed by atoms with Crippen molar-refractivity contribution in [2.24, 2.45) is 0 Å². The lowest BCUT2D eigenvalue weighted by molar-refractivity contribution is 0.234. The molecule has 2 fully saturated rings. The zero-order valence-corrected chi connectivity index (χ0v) is 18.3. The Hall–Kier alpha value is -2.96. The van der Waals surface area contributed by atoms with E-state index in [0.29, 0.717) is 6.54 Å². The average molecular weight is 424 g/mol. The van der Waals surface area contributed by atoms with E-state index < -0.39 is 0 Å². The van der Waals surface area contributed by atoms with Gasteiger partial charge in [0.05, 0.1) is 7.11 Å². The summed E-state index contributed by atoms with van der Waals surface area (Å²) in [6.45, 7) is 4.44. The molecule has 7 heteroatoms. The number of carbonyl (C=O) groups is 1. The number of aromatic nitrogens is 1. The standard InChI is InChI=1S/C24H33N5O2/c1-31-22-9-7-21(8-10-22)28-16-11-20(12-17-28)27-24(30)26-18-19-6-5-13-25-23(19)29-14-3-2-4-15-29/h5-10,13,20H,2-4,11-12,14-18H2,1H3,(H2,26,27,30). The number of piperidine rings is 2. The fourth-order valence-electron chi connectivity index (χ4n) is 4.45. The van der Waals surface area contributed by atoms with Crippen LogP contribution in [0.3, 0.4) is 0 Å². The molecule has 2 saturated heterocycles. The number of anilines is 2. The van der Waals surface area contributed by atoms with Gasteiger partial charge in [0.25, 0.3) is 0 Å². The average Bonchev–Trinajstić information content (AvgIpc) is 2.84. The van der Waals surface area contributed by atoms with Crippen LogP contribution in [-0.4, -0.2) is 50.3 Å². The number of urea groups is 1. The van der Waals surface area contributed by atoms with Gasteiger partial charge >= 0.3 is 6.03 Å². The molecule has 2 aliphatic rings. The monoisotopic (exact) mass is 423 g/mol. The number of amides is 2. The van der Waals surface area contributed by atoms with E-state index >= 15 is 0 Å². The van der Waals surface area contributed by atoms with Gasteiger partial charge in [-0.3, -0.25) is 0 Å². The second kappa shape index (κ2) is 10.4. The quantitative estimate of drug-likeness (QED) is 0.744. The van der Waals surface area contributed by atoms with Crippen LogP contribution < -0.4 is 25.2 Å². The van der Waals surface area contributed by atoms with E-state index in [1.165, 1.54) is 24.9 Å². The predicted molar refractivity (Wildman–Crippen MR) is 124 cm³/mol. The number of pyridine rings is 1. The maximum Gasteiger partial charge on any atom is 0.315 e. The minimum absolute atomic E-state index is 0.101. The lowest BCUT2D eigenvalue weighted by Gasteiger charge is -2.34. The van der Waals surface area contributed by atoms with Gasteiger partial charge in [0, 0.05) is 56.2 Å². The normalized spacial score (nSPS) is 17.3. The number of carbonyl (C=O) groups excluding carboxylic acids is 1. The number of rotatable bonds is 6. The van der Waals surface area contributed by atoms with Gasteiger partial charge in [0.1, 0.15) is 11.6 Å². The third-order valence-corrected chi connectivity index (χ3v) is 6.23. The number of ether oxygens (including phenoxy) is 1. The van der Waals surface area contributed by atoms with Crippen LogP contribution in [0.1, 0.15) is 37.7 Å². The molecule has 2 N–H and O–H groups in total. The zero-order valence-electron chi connectivity index (χ0n) is 18.3. The van der Waals surface area contributed by atoms with Gasteiger partial charge in [-0.25, -0.2) is 9.78 Å². The summed E-state index contributed by atoms with van der Waals surface area (Å²) in [6, 6.07) is 12.3. The highest BCUT2D eigenvalue weighted by Gasteiger charge is 2.21. The molecule has 2 aromatic rings. The van der Waals surface area contributed by atoms with E-state index in [9.17, 15) is 4.79 Å². The van der Waals surface area contributed by atoms with Crippen LogP contribution in [0.25, 0.3) is 0 Å². The van der Waals surface area contributed by atoms with Crippen LogP contribution in [0.4, 0.5) is 16.3 Å². The summed E-state index contributed by atoms with van der Waals surface area (Å²) >= 11 is 0. The van der Waals surface area contributed by atoms with Crippen molar-refractivity contribution < 1.29 is 9.53 Å². The Labute approximate surface area is 184 Å². The highest BCUT2D eigenvalue weighted by atomic mass is 16.5. The minimum atomic E-state index is -0.101. The van der Waals surface area contributed by atoms with Crippen molar-refractivity contribution in [1.82, 2.24) is 15.6 Å². The fraction of sp³-hybridized carbons (Fsp3) is 0.500. The molecule has 0 bridgehead atoms. The van der Waals surface area contributed by atoms with Crippen molar-refractivity contribution in [3.63, 3.8) is 0 Å². The van der Waals surface area contributed by atoms with Gasteiger partial charge in [-0.1, -0.05) is 6.07 Å². The van der Waals surface area contributed by atoms with E-state index in [1.807, 2.05) is 24.4 Å². The fourth-order valence-corrected chi connectivity index (χ4v) is 4.45. The van der Waals surface area contributed by atoms with Gasteiger partial charge in [-0.15, -0.1) is 0 Å². The number of methoxy groups -OCH3 is 1. The van der Waals surface area contributed by atoms with Crippen molar-refractivity contribution in [3.8, 4) is 5.75 Å². The second-order valence-corrected chi connectivity index (χ2v) is 8.32. The summed E-state index contributed by atoms with van der Waals surface area (Å²) in [4.78, 5) is 21.8. The maximum absolute atomic E-state index is 12.5. The number of nitrogens with one attached hydrogen (secondary N) is 2. The summed E-state index contributed by atoms with van der Waals surface area (Å²) in [7, 11) is 1.68. The van der Waals surface area contributed by atoms with E-state index in [-0.39, 0.29) is 12.1 Å². The molecule has 2 aliphatic heterocycles. The Bertz CT molecular complexity index is 843. The maximum atomic E-state index is 12.5. The van der Waals surface area contributed by atoms with E-state index in [0.717, 1.165) is 56.2 Å². The molecule has 4 rings (SSSR count). The first-order valence-corrected chi connectivity index (χ1v) is 11.3. The number of benzene rings is 1. The van der Waals surface area contributed by atoms with Gasteiger partial charge in [-0.2, -0.15) is 0 Å². The van der Waals surface area contributed by atoms with Gasteiger partial charge in [0.15, 0.2) is 0 Å². The van der Waals surface area contributed by atoms with Crippen LogP contribution in [0.5, 0.6) is 5.75 Å². The van der Waals surface area contributed by atoms with Crippen molar-refractivity contribution in [3.05, 3.63) is 48.2 Å². The van der Waals surface area contributed by atoms with Crippen LogP contribution in [0, 0.1) is 0 Å².